The molecule has 0 amide bonds. The predicted octanol–water partition coefficient (Wildman–Crippen LogP) is 9.86. The topological polar surface area (TPSA) is 0 Å². The minimum absolute atomic E-state index is 1.23. The summed E-state index contributed by atoms with van der Waals surface area (Å²) in [4.78, 5) is 0. The molecule has 3 rings (SSSR count). The molecule has 2 aromatic carbocycles. The van der Waals surface area contributed by atoms with Crippen LogP contribution in [0, 0.1) is 0 Å². The number of fused-ring (bicyclic) bond motifs is 3. The van der Waals surface area contributed by atoms with Crippen LogP contribution < -0.4 is 0 Å². The second kappa shape index (κ2) is 12.4. The van der Waals surface area contributed by atoms with Gasteiger partial charge in [-0.05, 0) is 61.1 Å². The Labute approximate surface area is 182 Å². The lowest BCUT2D eigenvalue weighted by Gasteiger charge is -2.04. The van der Waals surface area contributed by atoms with Crippen LogP contribution in [0.3, 0.4) is 0 Å². The zero-order valence-corrected chi connectivity index (χ0v) is 19.6. The fraction of sp³-hybridized carbons (Fsp3) is 0.571. The van der Waals surface area contributed by atoms with Crippen LogP contribution in [0.25, 0.3) is 20.2 Å². The van der Waals surface area contributed by atoms with E-state index in [0.717, 1.165) is 0 Å². The molecule has 0 aliphatic heterocycles. The Hall–Kier alpha value is -1.34. The van der Waals surface area contributed by atoms with Crippen molar-refractivity contribution >= 4 is 31.5 Å². The Balaban J connectivity index is 1.60. The van der Waals surface area contributed by atoms with Gasteiger partial charge >= 0.3 is 0 Å². The number of hydrogen-bond donors (Lipinski definition) is 0. The number of benzene rings is 2. The first kappa shape index (κ1) is 22.3. The van der Waals surface area contributed by atoms with Crippen LogP contribution in [-0.4, -0.2) is 0 Å². The molecular weight excluding hydrogens is 368 g/mol. The largest absolute Gasteiger partial charge is 0.135 e. The lowest BCUT2D eigenvalue weighted by Crippen LogP contribution is -1.87. The maximum atomic E-state index is 2.48. The molecule has 0 saturated heterocycles. The summed E-state index contributed by atoms with van der Waals surface area (Å²) in [6.45, 7) is 4.58. The van der Waals surface area contributed by atoms with Gasteiger partial charge in [0.05, 0.1) is 0 Å². The van der Waals surface area contributed by atoms with E-state index in [4.69, 9.17) is 0 Å². The molecule has 0 unspecified atom stereocenters. The van der Waals surface area contributed by atoms with E-state index in [1.165, 1.54) is 121 Å². The van der Waals surface area contributed by atoms with Gasteiger partial charge in [-0.1, -0.05) is 90.2 Å². The van der Waals surface area contributed by atoms with Gasteiger partial charge in [0.25, 0.3) is 0 Å². The molecule has 0 fully saturated rings. The second-order valence-corrected chi connectivity index (χ2v) is 9.88. The standard InChI is InChI=1S/C28H40S/c1-3-5-7-9-11-13-15-23-17-19-27-25(21-23)26-22-24(18-20-28(26)29-27)16-14-12-10-8-6-4-2/h17-22H,3-16H2,1-2H3. The SMILES string of the molecule is CCCCCCCCc1ccc2sc3ccc(CCCCCCCC)cc3c2c1. The van der Waals surface area contributed by atoms with Gasteiger partial charge in [0.2, 0.25) is 0 Å². The number of unbranched alkanes of at least 4 members (excludes halogenated alkanes) is 10. The van der Waals surface area contributed by atoms with Gasteiger partial charge in [0.1, 0.15) is 0 Å². The van der Waals surface area contributed by atoms with Gasteiger partial charge in [-0.25, -0.2) is 0 Å². The van der Waals surface area contributed by atoms with E-state index in [-0.39, 0.29) is 0 Å². The first-order valence-corrected chi connectivity index (χ1v) is 13.1. The van der Waals surface area contributed by atoms with Crippen molar-refractivity contribution in [1.29, 1.82) is 0 Å². The molecule has 1 heteroatoms. The van der Waals surface area contributed by atoms with E-state index in [9.17, 15) is 0 Å². The maximum Gasteiger partial charge on any atom is 0.0355 e. The minimum atomic E-state index is 1.23. The van der Waals surface area contributed by atoms with Crippen LogP contribution in [0.2, 0.25) is 0 Å². The Morgan fingerprint density at radius 3 is 1.38 bits per heavy atom. The molecule has 29 heavy (non-hydrogen) atoms. The van der Waals surface area contributed by atoms with Crippen molar-refractivity contribution in [3.8, 4) is 0 Å². The molecule has 0 spiro atoms. The Bertz CT molecular complexity index is 787. The van der Waals surface area contributed by atoms with Crippen LogP contribution >= 0.6 is 11.3 Å². The van der Waals surface area contributed by atoms with E-state index >= 15 is 0 Å². The van der Waals surface area contributed by atoms with Crippen LogP contribution in [-0.2, 0) is 12.8 Å². The van der Waals surface area contributed by atoms with Crippen molar-refractivity contribution in [2.45, 2.75) is 104 Å². The Morgan fingerprint density at radius 1 is 0.517 bits per heavy atom. The fourth-order valence-electron chi connectivity index (χ4n) is 4.40. The zero-order chi connectivity index (χ0) is 20.3. The van der Waals surface area contributed by atoms with Crippen LogP contribution in [0.15, 0.2) is 36.4 Å². The third-order valence-electron chi connectivity index (χ3n) is 6.24. The summed E-state index contributed by atoms with van der Waals surface area (Å²) < 4.78 is 2.90. The van der Waals surface area contributed by atoms with Crippen LogP contribution in [0.5, 0.6) is 0 Å². The highest BCUT2D eigenvalue weighted by Gasteiger charge is 2.07. The average Bonchev–Trinajstić information content (AvgIpc) is 3.10. The average molecular weight is 409 g/mol. The number of aryl methyl sites for hydroxylation is 2. The van der Waals surface area contributed by atoms with Gasteiger partial charge in [-0.15, -0.1) is 11.3 Å². The molecule has 0 radical (unpaired) electrons. The van der Waals surface area contributed by atoms with Gasteiger partial charge in [-0.3, -0.25) is 0 Å². The molecule has 3 aromatic rings. The van der Waals surface area contributed by atoms with Crippen molar-refractivity contribution in [3.63, 3.8) is 0 Å². The monoisotopic (exact) mass is 408 g/mol. The molecule has 0 bridgehead atoms. The molecular formula is C28H40S. The summed E-state index contributed by atoms with van der Waals surface area (Å²) in [5.41, 5.74) is 3.04. The van der Waals surface area contributed by atoms with E-state index < -0.39 is 0 Å². The summed E-state index contributed by atoms with van der Waals surface area (Å²) in [5.74, 6) is 0. The number of rotatable bonds is 14. The third kappa shape index (κ3) is 6.85. The normalized spacial score (nSPS) is 11.7. The quantitative estimate of drug-likeness (QED) is 0.233. The zero-order valence-electron chi connectivity index (χ0n) is 18.8. The summed E-state index contributed by atoms with van der Waals surface area (Å²) in [5, 5.41) is 2.97. The summed E-state index contributed by atoms with van der Waals surface area (Å²) in [7, 11) is 0. The Kier molecular flexibility index (Phi) is 9.54. The molecule has 0 aliphatic rings. The first-order chi connectivity index (χ1) is 14.3. The van der Waals surface area contributed by atoms with E-state index in [1.807, 2.05) is 11.3 Å². The van der Waals surface area contributed by atoms with E-state index in [2.05, 4.69) is 50.2 Å². The molecule has 0 N–H and O–H groups in total. The van der Waals surface area contributed by atoms with Crippen molar-refractivity contribution in [2.75, 3.05) is 0 Å². The highest BCUT2D eigenvalue weighted by Crippen LogP contribution is 2.35. The Morgan fingerprint density at radius 2 is 0.931 bits per heavy atom. The molecule has 1 heterocycles. The molecule has 1 aromatic heterocycles. The maximum absolute atomic E-state index is 2.48. The molecule has 0 aliphatic carbocycles. The first-order valence-electron chi connectivity index (χ1n) is 12.3. The van der Waals surface area contributed by atoms with Crippen molar-refractivity contribution in [1.82, 2.24) is 0 Å². The van der Waals surface area contributed by atoms with Gasteiger partial charge in [-0.2, -0.15) is 0 Å². The minimum Gasteiger partial charge on any atom is -0.135 e. The number of thiophene rings is 1. The van der Waals surface area contributed by atoms with Gasteiger partial charge in [0, 0.05) is 20.2 Å². The van der Waals surface area contributed by atoms with E-state index in [0.29, 0.717) is 0 Å². The van der Waals surface area contributed by atoms with Crippen LogP contribution in [0.1, 0.15) is 102 Å². The van der Waals surface area contributed by atoms with Crippen LogP contribution in [0.4, 0.5) is 0 Å². The van der Waals surface area contributed by atoms with E-state index in [1.54, 1.807) is 0 Å². The summed E-state index contributed by atoms with van der Waals surface area (Å²) in [6, 6.07) is 14.4. The summed E-state index contributed by atoms with van der Waals surface area (Å²) in [6.07, 6.45) is 19.0. The smallest absolute Gasteiger partial charge is 0.0355 e. The summed E-state index contributed by atoms with van der Waals surface area (Å²) >= 11 is 1.95. The predicted molar refractivity (Wildman–Crippen MR) is 133 cm³/mol. The molecule has 0 saturated carbocycles. The highest BCUT2D eigenvalue weighted by atomic mass is 32.1. The molecule has 0 nitrogen and oxygen atoms in total. The van der Waals surface area contributed by atoms with Crippen molar-refractivity contribution < 1.29 is 0 Å². The van der Waals surface area contributed by atoms with Gasteiger partial charge < -0.3 is 0 Å². The lowest BCUT2D eigenvalue weighted by molar-refractivity contribution is 0.607. The lowest BCUT2D eigenvalue weighted by atomic mass is 10.0. The second-order valence-electron chi connectivity index (χ2n) is 8.80. The fourth-order valence-corrected chi connectivity index (χ4v) is 5.47. The number of hydrogen-bond acceptors (Lipinski definition) is 1. The molecule has 0 atom stereocenters. The van der Waals surface area contributed by atoms with Crippen molar-refractivity contribution in [2.24, 2.45) is 0 Å². The highest BCUT2D eigenvalue weighted by molar-refractivity contribution is 7.25. The van der Waals surface area contributed by atoms with Gasteiger partial charge in [0.15, 0.2) is 0 Å². The molecule has 158 valence electrons. The van der Waals surface area contributed by atoms with Crippen molar-refractivity contribution in [3.05, 3.63) is 47.5 Å². The third-order valence-corrected chi connectivity index (χ3v) is 7.39.